The van der Waals surface area contributed by atoms with Crippen LogP contribution in [0, 0.1) is 0 Å². The van der Waals surface area contributed by atoms with Gasteiger partial charge in [-0.15, -0.1) is 0 Å². The first kappa shape index (κ1) is 18.4. The number of nitrogens with one attached hydrogen (secondary N) is 2. The monoisotopic (exact) mass is 389 g/mol. The summed E-state index contributed by atoms with van der Waals surface area (Å²) in [6.07, 6.45) is 4.09. The van der Waals surface area contributed by atoms with Crippen molar-refractivity contribution in [2.24, 2.45) is 0 Å². The van der Waals surface area contributed by atoms with Crippen LogP contribution in [-0.2, 0) is 9.53 Å². The number of aromatic amines is 1. The molecule has 0 bridgehead atoms. The van der Waals surface area contributed by atoms with Crippen LogP contribution < -0.4 is 5.32 Å². The van der Waals surface area contributed by atoms with E-state index in [0.29, 0.717) is 6.04 Å². The molecule has 5 rings (SSSR count). The number of para-hydroxylation sites is 1. The van der Waals surface area contributed by atoms with Crippen molar-refractivity contribution in [2.75, 3.05) is 25.1 Å². The Morgan fingerprint density at radius 3 is 2.62 bits per heavy atom. The number of rotatable bonds is 4. The molecule has 1 aromatic heterocycles. The zero-order valence-electron chi connectivity index (χ0n) is 16.6. The van der Waals surface area contributed by atoms with E-state index < -0.39 is 0 Å². The number of aromatic nitrogens is 1. The third-order valence-corrected chi connectivity index (χ3v) is 6.25. The largest absolute Gasteiger partial charge is 0.381 e. The Morgan fingerprint density at radius 1 is 1.03 bits per heavy atom. The van der Waals surface area contributed by atoms with Gasteiger partial charge < -0.3 is 15.0 Å². The zero-order valence-corrected chi connectivity index (χ0v) is 16.6. The fourth-order valence-electron chi connectivity index (χ4n) is 4.71. The van der Waals surface area contributed by atoms with E-state index in [1.54, 1.807) is 0 Å². The molecule has 2 aromatic carbocycles. The molecule has 5 nitrogen and oxygen atoms in total. The average molecular weight is 389 g/mol. The van der Waals surface area contributed by atoms with Crippen LogP contribution in [0.15, 0.2) is 54.6 Å². The van der Waals surface area contributed by atoms with Gasteiger partial charge >= 0.3 is 0 Å². The quantitative estimate of drug-likeness (QED) is 0.695. The van der Waals surface area contributed by atoms with Crippen molar-refractivity contribution in [1.29, 1.82) is 0 Å². The third kappa shape index (κ3) is 3.80. The van der Waals surface area contributed by atoms with E-state index in [2.05, 4.69) is 45.5 Å². The van der Waals surface area contributed by atoms with Crippen LogP contribution in [0.2, 0.25) is 0 Å². The summed E-state index contributed by atoms with van der Waals surface area (Å²) < 4.78 is 5.49. The molecule has 0 saturated carbocycles. The zero-order chi connectivity index (χ0) is 19.6. The van der Waals surface area contributed by atoms with Crippen molar-refractivity contribution in [2.45, 2.75) is 37.8 Å². The number of nitrogens with zero attached hydrogens (tertiary/aromatic N) is 1. The number of anilines is 1. The number of carbonyl (C=O) groups is 1. The van der Waals surface area contributed by atoms with Crippen molar-refractivity contribution >= 4 is 22.5 Å². The van der Waals surface area contributed by atoms with E-state index in [0.717, 1.165) is 67.9 Å². The summed E-state index contributed by atoms with van der Waals surface area (Å²) in [6, 6.07) is 19.0. The van der Waals surface area contributed by atoms with Crippen LogP contribution in [0.5, 0.6) is 0 Å². The van der Waals surface area contributed by atoms with Crippen LogP contribution in [0.4, 0.5) is 5.69 Å². The highest BCUT2D eigenvalue weighted by molar-refractivity contribution is 5.95. The molecule has 2 aliphatic rings. The molecule has 2 N–H and O–H groups in total. The van der Waals surface area contributed by atoms with Gasteiger partial charge in [-0.2, -0.15) is 0 Å². The van der Waals surface area contributed by atoms with E-state index in [1.165, 1.54) is 5.39 Å². The second kappa shape index (κ2) is 8.01. The summed E-state index contributed by atoms with van der Waals surface area (Å²) in [5, 5.41) is 4.34. The van der Waals surface area contributed by atoms with Gasteiger partial charge in [0.05, 0.1) is 6.04 Å². The molecule has 1 atom stereocenters. The minimum Gasteiger partial charge on any atom is -0.381 e. The van der Waals surface area contributed by atoms with E-state index in [1.807, 2.05) is 24.3 Å². The molecular weight excluding hydrogens is 362 g/mol. The van der Waals surface area contributed by atoms with Crippen LogP contribution in [0.1, 0.15) is 25.7 Å². The van der Waals surface area contributed by atoms with Gasteiger partial charge in [-0.25, -0.2) is 0 Å². The van der Waals surface area contributed by atoms with E-state index >= 15 is 0 Å². The molecule has 0 radical (unpaired) electrons. The van der Waals surface area contributed by atoms with Crippen molar-refractivity contribution in [3.05, 3.63) is 54.6 Å². The predicted octanol–water partition coefficient (Wildman–Crippen LogP) is 4.42. The molecule has 1 amide bonds. The second-order valence-corrected chi connectivity index (χ2v) is 8.08. The molecule has 3 aromatic rings. The fourth-order valence-corrected chi connectivity index (χ4v) is 4.71. The Labute approximate surface area is 171 Å². The molecule has 1 unspecified atom stereocenters. The topological polar surface area (TPSA) is 57.4 Å². The van der Waals surface area contributed by atoms with Crippen molar-refractivity contribution in [1.82, 2.24) is 9.88 Å². The van der Waals surface area contributed by atoms with Gasteiger partial charge in [-0.3, -0.25) is 9.69 Å². The molecule has 0 aliphatic carbocycles. The van der Waals surface area contributed by atoms with Crippen LogP contribution in [0.25, 0.3) is 22.2 Å². The lowest BCUT2D eigenvalue weighted by Crippen LogP contribution is -2.47. The lowest BCUT2D eigenvalue weighted by molar-refractivity contribution is -0.121. The number of likely N-dealkylation sites (tertiary alicyclic amines) is 1. The first-order valence-electron chi connectivity index (χ1n) is 10.6. The lowest BCUT2D eigenvalue weighted by atomic mass is 10.1. The molecule has 5 heteroatoms. The predicted molar refractivity (Wildman–Crippen MR) is 116 cm³/mol. The maximum absolute atomic E-state index is 12.9. The normalized spacial score (nSPS) is 20.9. The third-order valence-electron chi connectivity index (χ3n) is 6.25. The highest BCUT2D eigenvalue weighted by Crippen LogP contribution is 2.28. The van der Waals surface area contributed by atoms with Crippen LogP contribution >= 0.6 is 0 Å². The summed E-state index contributed by atoms with van der Waals surface area (Å²) in [5.74, 6) is 0.118. The van der Waals surface area contributed by atoms with Gasteiger partial charge in [-0.05, 0) is 62.1 Å². The number of fused-ring (bicyclic) bond motifs is 1. The van der Waals surface area contributed by atoms with Gasteiger partial charge in [0.25, 0.3) is 0 Å². The van der Waals surface area contributed by atoms with Gasteiger partial charge in [0, 0.05) is 41.5 Å². The number of ether oxygens (including phenoxy) is 1. The van der Waals surface area contributed by atoms with Crippen molar-refractivity contribution < 1.29 is 9.53 Å². The number of benzene rings is 2. The van der Waals surface area contributed by atoms with Gasteiger partial charge in [0.1, 0.15) is 0 Å². The van der Waals surface area contributed by atoms with Crippen LogP contribution in [0.3, 0.4) is 0 Å². The lowest BCUT2D eigenvalue weighted by Gasteiger charge is -2.34. The average Bonchev–Trinajstić information content (AvgIpc) is 3.42. The first-order valence-corrected chi connectivity index (χ1v) is 10.6. The molecule has 2 saturated heterocycles. The molecule has 2 aliphatic heterocycles. The minimum atomic E-state index is -0.0218. The highest BCUT2D eigenvalue weighted by Gasteiger charge is 2.35. The standard InChI is InChI=1S/C24H27N3O2/c28-24(23-6-3-13-27(23)20-11-14-29-15-12-20)25-19-9-7-17(8-10-19)22-16-18-4-1-2-5-21(18)26-22/h1-2,4-5,7-10,16,20,23,26H,3,6,11-15H2,(H,25,28). The summed E-state index contributed by atoms with van der Waals surface area (Å²) in [7, 11) is 0. The maximum atomic E-state index is 12.9. The molecule has 29 heavy (non-hydrogen) atoms. The number of carbonyl (C=O) groups excluding carboxylic acids is 1. The smallest absolute Gasteiger partial charge is 0.241 e. The molecule has 150 valence electrons. The number of hydrogen-bond acceptors (Lipinski definition) is 3. The fraction of sp³-hybridized carbons (Fsp3) is 0.375. The number of amides is 1. The van der Waals surface area contributed by atoms with Crippen molar-refractivity contribution in [3.8, 4) is 11.3 Å². The molecule has 2 fully saturated rings. The summed E-state index contributed by atoms with van der Waals surface area (Å²) in [4.78, 5) is 18.8. The van der Waals surface area contributed by atoms with Crippen molar-refractivity contribution in [3.63, 3.8) is 0 Å². The summed E-state index contributed by atoms with van der Waals surface area (Å²) in [5.41, 5.74) is 4.19. The second-order valence-electron chi connectivity index (χ2n) is 8.08. The molecule has 0 spiro atoms. The number of H-pyrrole nitrogens is 1. The Kier molecular flexibility index (Phi) is 5.08. The first-order chi connectivity index (χ1) is 14.3. The van der Waals surface area contributed by atoms with Gasteiger partial charge in [0.15, 0.2) is 0 Å². The summed E-state index contributed by atoms with van der Waals surface area (Å²) in [6.45, 7) is 2.64. The van der Waals surface area contributed by atoms with Gasteiger partial charge in [0.2, 0.25) is 5.91 Å². The Hall–Kier alpha value is -2.63. The Morgan fingerprint density at radius 2 is 1.83 bits per heavy atom. The Bertz CT molecular complexity index is 956. The van der Waals surface area contributed by atoms with E-state index in [4.69, 9.17) is 4.74 Å². The minimum absolute atomic E-state index is 0.0218. The SMILES string of the molecule is O=C(Nc1ccc(-c2cc3ccccc3[nH]2)cc1)C1CCCN1C1CCOCC1. The highest BCUT2D eigenvalue weighted by atomic mass is 16.5. The maximum Gasteiger partial charge on any atom is 0.241 e. The molecular formula is C24H27N3O2. The van der Waals surface area contributed by atoms with E-state index in [-0.39, 0.29) is 11.9 Å². The summed E-state index contributed by atoms with van der Waals surface area (Å²) >= 11 is 0. The number of hydrogen-bond donors (Lipinski definition) is 2. The molecule has 3 heterocycles. The van der Waals surface area contributed by atoms with E-state index in [9.17, 15) is 4.79 Å². The van der Waals surface area contributed by atoms with Crippen LogP contribution in [-0.4, -0.2) is 47.6 Å². The van der Waals surface area contributed by atoms with Gasteiger partial charge in [-0.1, -0.05) is 30.3 Å². The Balaban J connectivity index is 1.27.